The predicted molar refractivity (Wildman–Crippen MR) is 89.1 cm³/mol. The number of nitrogens with one attached hydrogen (secondary N) is 1. The van der Waals surface area contributed by atoms with Crippen LogP contribution in [-0.2, 0) is 4.79 Å². The molecule has 2 N–H and O–H groups in total. The van der Waals surface area contributed by atoms with Crippen molar-refractivity contribution in [2.75, 3.05) is 12.4 Å². The highest BCUT2D eigenvalue weighted by molar-refractivity contribution is 5.81. The molecule has 7 heteroatoms. The first-order chi connectivity index (χ1) is 11.4. The molecule has 0 aliphatic heterocycles. The molecule has 2 rings (SSSR count). The molecule has 2 aromatic carbocycles. The third kappa shape index (κ3) is 4.08. The molecule has 0 unspecified atom stereocenters. The molecule has 7 nitrogen and oxygen atoms in total. The van der Waals surface area contributed by atoms with E-state index in [1.165, 1.54) is 31.2 Å². The van der Waals surface area contributed by atoms with Gasteiger partial charge in [0.1, 0.15) is 11.9 Å². The Hall–Kier alpha value is -2.93. The Morgan fingerprint density at radius 1 is 1.17 bits per heavy atom. The second-order valence-electron chi connectivity index (χ2n) is 5.25. The zero-order valence-corrected chi connectivity index (χ0v) is 13.3. The van der Waals surface area contributed by atoms with E-state index in [0.29, 0.717) is 17.0 Å². The van der Waals surface area contributed by atoms with E-state index < -0.39 is 22.9 Å². The summed E-state index contributed by atoms with van der Waals surface area (Å²) in [6.07, 6.45) is -1.28. The lowest BCUT2D eigenvalue weighted by atomic mass is 9.98. The highest BCUT2D eigenvalue weighted by Gasteiger charge is 2.25. The molecule has 0 aliphatic carbocycles. The van der Waals surface area contributed by atoms with Gasteiger partial charge in [0.2, 0.25) is 0 Å². The van der Waals surface area contributed by atoms with E-state index in [2.05, 4.69) is 5.32 Å². The standard InChI is InChI=1S/C17H18N2O5/c1-11(20)17(21)16(12-3-7-14(8-4-12)19(22)23)18-13-5-9-15(24-2)10-6-13/h3-10,16-18,21H,1-2H3/t16-,17+/m1/s1. The third-order valence-electron chi connectivity index (χ3n) is 3.61. The number of nitro benzene ring substituents is 1. The van der Waals surface area contributed by atoms with E-state index in [4.69, 9.17) is 4.74 Å². The van der Waals surface area contributed by atoms with E-state index in [1.54, 1.807) is 31.4 Å². The van der Waals surface area contributed by atoms with Crippen molar-refractivity contribution in [3.8, 4) is 5.75 Å². The van der Waals surface area contributed by atoms with Gasteiger partial charge < -0.3 is 15.2 Å². The van der Waals surface area contributed by atoms with Crippen LogP contribution in [0, 0.1) is 10.1 Å². The molecule has 0 saturated carbocycles. The lowest BCUT2D eigenvalue weighted by molar-refractivity contribution is -0.384. The van der Waals surface area contributed by atoms with Gasteiger partial charge in [-0.05, 0) is 36.8 Å². The maximum absolute atomic E-state index is 11.6. The number of Topliss-reactive ketones (excluding diaryl/α,β-unsaturated/α-hetero) is 1. The fraction of sp³-hybridized carbons (Fsp3) is 0.235. The summed E-state index contributed by atoms with van der Waals surface area (Å²) < 4.78 is 5.08. The maximum Gasteiger partial charge on any atom is 0.269 e. The van der Waals surface area contributed by atoms with Crippen molar-refractivity contribution in [2.24, 2.45) is 0 Å². The Labute approximate surface area is 139 Å². The number of ether oxygens (including phenoxy) is 1. The van der Waals surface area contributed by atoms with Gasteiger partial charge in [0.15, 0.2) is 5.78 Å². The number of aliphatic hydroxyl groups excluding tert-OH is 1. The van der Waals surface area contributed by atoms with Crippen molar-refractivity contribution in [3.63, 3.8) is 0 Å². The molecule has 24 heavy (non-hydrogen) atoms. The number of carbonyl (C=O) groups excluding carboxylic acids is 1. The van der Waals surface area contributed by atoms with Gasteiger partial charge in [-0.2, -0.15) is 0 Å². The molecule has 0 amide bonds. The fourth-order valence-corrected chi connectivity index (χ4v) is 2.25. The third-order valence-corrected chi connectivity index (χ3v) is 3.61. The quantitative estimate of drug-likeness (QED) is 0.598. The summed E-state index contributed by atoms with van der Waals surface area (Å²) in [6.45, 7) is 1.29. The first-order valence-electron chi connectivity index (χ1n) is 7.26. The Bertz CT molecular complexity index is 713. The molecule has 0 bridgehead atoms. The van der Waals surface area contributed by atoms with Crippen LogP contribution in [0.25, 0.3) is 0 Å². The Balaban J connectivity index is 2.29. The van der Waals surface area contributed by atoms with Crippen molar-refractivity contribution < 1.29 is 19.6 Å². The number of hydrogen-bond donors (Lipinski definition) is 2. The van der Waals surface area contributed by atoms with Gasteiger partial charge in [-0.3, -0.25) is 14.9 Å². The number of methoxy groups -OCH3 is 1. The Morgan fingerprint density at radius 2 is 1.75 bits per heavy atom. The molecule has 0 heterocycles. The van der Waals surface area contributed by atoms with Gasteiger partial charge in [-0.1, -0.05) is 12.1 Å². The largest absolute Gasteiger partial charge is 0.497 e. The van der Waals surface area contributed by atoms with Crippen molar-refractivity contribution in [1.29, 1.82) is 0 Å². The predicted octanol–water partition coefficient (Wildman–Crippen LogP) is 2.71. The minimum absolute atomic E-state index is 0.0562. The van der Waals surface area contributed by atoms with Crippen LogP contribution in [0.5, 0.6) is 5.75 Å². The normalized spacial score (nSPS) is 13.0. The van der Waals surface area contributed by atoms with E-state index in [1.807, 2.05) is 0 Å². The second-order valence-corrected chi connectivity index (χ2v) is 5.25. The van der Waals surface area contributed by atoms with Crippen LogP contribution >= 0.6 is 0 Å². The number of benzene rings is 2. The average molecular weight is 330 g/mol. The molecular formula is C17H18N2O5. The van der Waals surface area contributed by atoms with Gasteiger partial charge >= 0.3 is 0 Å². The van der Waals surface area contributed by atoms with Crippen LogP contribution in [0.1, 0.15) is 18.5 Å². The molecule has 0 saturated heterocycles. The number of ketones is 1. The number of carbonyl (C=O) groups is 1. The number of anilines is 1. The van der Waals surface area contributed by atoms with Gasteiger partial charge in [0.25, 0.3) is 5.69 Å². The Morgan fingerprint density at radius 3 is 2.21 bits per heavy atom. The summed E-state index contributed by atoms with van der Waals surface area (Å²) >= 11 is 0. The molecule has 2 atom stereocenters. The first kappa shape index (κ1) is 17.4. The number of nitro groups is 1. The molecule has 0 aromatic heterocycles. The summed E-state index contributed by atoms with van der Waals surface area (Å²) in [5, 5.41) is 24.0. The van der Waals surface area contributed by atoms with Gasteiger partial charge in [0.05, 0.1) is 18.1 Å². The van der Waals surface area contributed by atoms with Crippen molar-refractivity contribution in [2.45, 2.75) is 19.1 Å². The van der Waals surface area contributed by atoms with Gasteiger partial charge in [-0.25, -0.2) is 0 Å². The van der Waals surface area contributed by atoms with Crippen molar-refractivity contribution in [1.82, 2.24) is 0 Å². The monoisotopic (exact) mass is 330 g/mol. The summed E-state index contributed by atoms with van der Waals surface area (Å²) in [7, 11) is 1.56. The van der Waals surface area contributed by atoms with Crippen LogP contribution in [0.4, 0.5) is 11.4 Å². The summed E-state index contributed by atoms with van der Waals surface area (Å²) in [6, 6.07) is 12.0. The van der Waals surface area contributed by atoms with Crippen LogP contribution < -0.4 is 10.1 Å². The summed E-state index contributed by atoms with van der Waals surface area (Å²) in [5.41, 5.74) is 1.19. The van der Waals surface area contributed by atoms with E-state index in [0.717, 1.165) is 0 Å². The van der Waals surface area contributed by atoms with Crippen LogP contribution in [0.2, 0.25) is 0 Å². The SMILES string of the molecule is COc1ccc(N[C@H](c2ccc([N+](=O)[O-])cc2)[C@@H](O)C(C)=O)cc1. The van der Waals surface area contributed by atoms with E-state index >= 15 is 0 Å². The van der Waals surface area contributed by atoms with Crippen molar-refractivity contribution >= 4 is 17.2 Å². The molecule has 2 aromatic rings. The minimum atomic E-state index is -1.28. The van der Waals surface area contributed by atoms with E-state index in [9.17, 15) is 20.0 Å². The zero-order valence-electron chi connectivity index (χ0n) is 13.3. The van der Waals surface area contributed by atoms with E-state index in [-0.39, 0.29) is 5.69 Å². The van der Waals surface area contributed by atoms with Crippen LogP contribution in [0.3, 0.4) is 0 Å². The number of non-ortho nitro benzene ring substituents is 1. The highest BCUT2D eigenvalue weighted by Crippen LogP contribution is 2.26. The van der Waals surface area contributed by atoms with Crippen molar-refractivity contribution in [3.05, 3.63) is 64.2 Å². The first-order valence-corrected chi connectivity index (χ1v) is 7.26. The zero-order chi connectivity index (χ0) is 17.7. The molecule has 0 fully saturated rings. The smallest absolute Gasteiger partial charge is 0.269 e. The van der Waals surface area contributed by atoms with Gasteiger partial charge in [0, 0.05) is 17.8 Å². The van der Waals surface area contributed by atoms with Crippen LogP contribution in [0.15, 0.2) is 48.5 Å². The Kier molecular flexibility index (Phi) is 5.49. The molecular weight excluding hydrogens is 312 g/mol. The van der Waals surface area contributed by atoms with Crippen LogP contribution in [-0.4, -0.2) is 29.0 Å². The molecule has 0 aliphatic rings. The molecule has 0 radical (unpaired) electrons. The molecule has 126 valence electrons. The number of nitrogens with zero attached hydrogens (tertiary/aromatic N) is 1. The lowest BCUT2D eigenvalue weighted by Crippen LogP contribution is -2.31. The fourth-order valence-electron chi connectivity index (χ4n) is 2.25. The number of aliphatic hydroxyl groups is 1. The highest BCUT2D eigenvalue weighted by atomic mass is 16.6. The van der Waals surface area contributed by atoms with Gasteiger partial charge in [-0.15, -0.1) is 0 Å². The minimum Gasteiger partial charge on any atom is -0.497 e. The maximum atomic E-state index is 11.6. The lowest BCUT2D eigenvalue weighted by Gasteiger charge is -2.24. The summed E-state index contributed by atoms with van der Waals surface area (Å²) in [5.74, 6) is 0.277. The number of rotatable bonds is 7. The average Bonchev–Trinajstić information content (AvgIpc) is 2.59. The second kappa shape index (κ2) is 7.56. The molecule has 0 spiro atoms. The number of hydrogen-bond acceptors (Lipinski definition) is 6. The summed E-state index contributed by atoms with van der Waals surface area (Å²) in [4.78, 5) is 21.9. The topological polar surface area (TPSA) is 102 Å².